The smallest absolute Gasteiger partial charge is 0.0323 e. The first-order chi connectivity index (χ1) is 10.2. The molecule has 0 radical (unpaired) electrons. The first kappa shape index (κ1) is 15.5. The molecule has 0 aliphatic carbocycles. The number of piperidine rings is 1. The molecule has 1 N–H and O–H groups in total. The fraction of sp³-hybridized carbons (Fsp3) is 0.667. The summed E-state index contributed by atoms with van der Waals surface area (Å²) in [5, 5.41) is 3.77. The van der Waals surface area contributed by atoms with Crippen molar-refractivity contribution < 1.29 is 0 Å². The van der Waals surface area contributed by atoms with Crippen LogP contribution in [-0.2, 0) is 0 Å². The highest BCUT2D eigenvalue weighted by atomic mass is 79.9. The maximum atomic E-state index is 3.77. The summed E-state index contributed by atoms with van der Waals surface area (Å²) in [6.07, 6.45) is 6.65. The number of hydrogen-bond acceptors (Lipinski definition) is 2. The van der Waals surface area contributed by atoms with Crippen LogP contribution in [0.5, 0.6) is 0 Å². The van der Waals surface area contributed by atoms with E-state index in [1.54, 1.807) is 0 Å². The molecule has 3 heteroatoms. The summed E-state index contributed by atoms with van der Waals surface area (Å²) in [4.78, 5) is 2.76. The molecular formula is C18H27BrN2. The monoisotopic (exact) mass is 350 g/mol. The molecule has 0 saturated carbocycles. The highest BCUT2D eigenvalue weighted by molar-refractivity contribution is 9.10. The van der Waals surface area contributed by atoms with E-state index in [9.17, 15) is 0 Å². The van der Waals surface area contributed by atoms with Crippen molar-refractivity contribution in [2.75, 3.05) is 6.54 Å². The molecule has 2 aliphatic heterocycles. The van der Waals surface area contributed by atoms with Gasteiger partial charge in [-0.15, -0.1) is 0 Å². The molecule has 0 aromatic heterocycles. The van der Waals surface area contributed by atoms with E-state index in [2.05, 4.69) is 64.3 Å². The van der Waals surface area contributed by atoms with Gasteiger partial charge in [-0.25, -0.2) is 0 Å². The van der Waals surface area contributed by atoms with Crippen molar-refractivity contribution in [2.45, 2.75) is 70.1 Å². The van der Waals surface area contributed by atoms with E-state index in [0.717, 1.165) is 18.1 Å². The van der Waals surface area contributed by atoms with Crippen LogP contribution in [0.4, 0.5) is 0 Å². The van der Waals surface area contributed by atoms with E-state index < -0.39 is 0 Å². The molecule has 1 aromatic carbocycles. The van der Waals surface area contributed by atoms with Crippen molar-refractivity contribution in [3.05, 3.63) is 34.3 Å². The van der Waals surface area contributed by atoms with Crippen molar-refractivity contribution in [3.63, 3.8) is 0 Å². The SMILES string of the molecule is CCCN(C1CC2CCC(C1)N2)C(C)c1cccc(Br)c1. The first-order valence-corrected chi connectivity index (χ1v) is 9.24. The molecule has 3 rings (SSSR count). The molecule has 3 atom stereocenters. The number of fused-ring (bicyclic) bond motifs is 2. The van der Waals surface area contributed by atoms with Crippen LogP contribution in [0.3, 0.4) is 0 Å². The van der Waals surface area contributed by atoms with Crippen LogP contribution in [0, 0.1) is 0 Å². The van der Waals surface area contributed by atoms with Crippen LogP contribution in [0.25, 0.3) is 0 Å². The standard InChI is InChI=1S/C18H27BrN2/c1-3-9-21(13(2)14-5-4-6-15(19)10-14)18-11-16-7-8-17(12-18)20-16/h4-6,10,13,16-18,20H,3,7-9,11-12H2,1-2H3. The molecule has 2 nitrogen and oxygen atoms in total. The third-order valence-corrected chi connectivity index (χ3v) is 5.72. The zero-order valence-electron chi connectivity index (χ0n) is 13.2. The minimum Gasteiger partial charge on any atom is -0.311 e. The summed E-state index contributed by atoms with van der Waals surface area (Å²) in [6, 6.07) is 11.6. The van der Waals surface area contributed by atoms with Gasteiger partial charge in [-0.05, 0) is 63.3 Å². The quantitative estimate of drug-likeness (QED) is 0.840. The van der Waals surface area contributed by atoms with Crippen molar-refractivity contribution in [3.8, 4) is 0 Å². The van der Waals surface area contributed by atoms with Gasteiger partial charge in [-0.1, -0.05) is 35.0 Å². The molecule has 2 heterocycles. The fourth-order valence-electron chi connectivity index (χ4n) is 4.21. The minimum absolute atomic E-state index is 0.505. The Balaban J connectivity index is 1.77. The molecule has 2 bridgehead atoms. The Bertz CT molecular complexity index is 464. The molecule has 2 fully saturated rings. The molecule has 1 aromatic rings. The van der Waals surface area contributed by atoms with E-state index in [0.29, 0.717) is 6.04 Å². The summed E-state index contributed by atoms with van der Waals surface area (Å²) < 4.78 is 1.19. The zero-order valence-corrected chi connectivity index (χ0v) is 14.8. The predicted octanol–water partition coefficient (Wildman–Crippen LogP) is 4.51. The van der Waals surface area contributed by atoms with Gasteiger partial charge in [-0.2, -0.15) is 0 Å². The van der Waals surface area contributed by atoms with E-state index in [-0.39, 0.29) is 0 Å². The molecule has 2 aliphatic rings. The Kier molecular flexibility index (Phi) is 5.03. The van der Waals surface area contributed by atoms with Gasteiger partial charge in [-0.3, -0.25) is 4.90 Å². The normalized spacial score (nSPS) is 29.8. The lowest BCUT2D eigenvalue weighted by molar-refractivity contribution is 0.101. The van der Waals surface area contributed by atoms with E-state index >= 15 is 0 Å². The number of nitrogens with zero attached hydrogens (tertiary/aromatic N) is 1. The van der Waals surface area contributed by atoms with Crippen LogP contribution >= 0.6 is 15.9 Å². The lowest BCUT2D eigenvalue weighted by atomic mass is 9.95. The third-order valence-electron chi connectivity index (χ3n) is 5.23. The average molecular weight is 351 g/mol. The maximum absolute atomic E-state index is 3.77. The number of rotatable bonds is 5. The lowest BCUT2D eigenvalue weighted by Gasteiger charge is -2.41. The molecule has 2 saturated heterocycles. The Hall–Kier alpha value is -0.380. The Labute approximate surface area is 137 Å². The van der Waals surface area contributed by atoms with Crippen molar-refractivity contribution in [2.24, 2.45) is 0 Å². The molecular weight excluding hydrogens is 324 g/mol. The van der Waals surface area contributed by atoms with Gasteiger partial charge >= 0.3 is 0 Å². The second-order valence-corrected chi connectivity index (χ2v) is 7.65. The van der Waals surface area contributed by atoms with Crippen LogP contribution in [-0.4, -0.2) is 29.6 Å². The summed E-state index contributed by atoms with van der Waals surface area (Å²) >= 11 is 3.62. The Morgan fingerprint density at radius 2 is 2.00 bits per heavy atom. The fourth-order valence-corrected chi connectivity index (χ4v) is 4.62. The van der Waals surface area contributed by atoms with Crippen LogP contribution < -0.4 is 5.32 Å². The van der Waals surface area contributed by atoms with Gasteiger partial charge in [0, 0.05) is 28.6 Å². The van der Waals surface area contributed by atoms with Crippen molar-refractivity contribution in [1.29, 1.82) is 0 Å². The highest BCUT2D eigenvalue weighted by Crippen LogP contribution is 2.34. The van der Waals surface area contributed by atoms with Crippen molar-refractivity contribution >= 4 is 15.9 Å². The molecule has 0 amide bonds. The van der Waals surface area contributed by atoms with Crippen LogP contribution in [0.15, 0.2) is 28.7 Å². The largest absolute Gasteiger partial charge is 0.311 e. The second kappa shape index (κ2) is 6.80. The van der Waals surface area contributed by atoms with E-state index in [1.807, 2.05) is 0 Å². The Morgan fingerprint density at radius 3 is 2.62 bits per heavy atom. The third kappa shape index (κ3) is 3.52. The number of nitrogens with one attached hydrogen (secondary N) is 1. The number of hydrogen-bond donors (Lipinski definition) is 1. The highest BCUT2D eigenvalue weighted by Gasteiger charge is 2.37. The molecule has 0 spiro atoms. The van der Waals surface area contributed by atoms with Crippen LogP contribution in [0.2, 0.25) is 0 Å². The number of benzene rings is 1. The number of halogens is 1. The van der Waals surface area contributed by atoms with Gasteiger partial charge in [0.05, 0.1) is 0 Å². The molecule has 3 unspecified atom stereocenters. The Morgan fingerprint density at radius 1 is 1.29 bits per heavy atom. The van der Waals surface area contributed by atoms with Gasteiger partial charge in [0.2, 0.25) is 0 Å². The zero-order chi connectivity index (χ0) is 14.8. The first-order valence-electron chi connectivity index (χ1n) is 8.44. The molecule has 116 valence electrons. The van der Waals surface area contributed by atoms with Gasteiger partial charge in [0.1, 0.15) is 0 Å². The topological polar surface area (TPSA) is 15.3 Å². The maximum Gasteiger partial charge on any atom is 0.0323 e. The van der Waals surface area contributed by atoms with Gasteiger partial charge in [0.25, 0.3) is 0 Å². The van der Waals surface area contributed by atoms with Gasteiger partial charge in [0.15, 0.2) is 0 Å². The van der Waals surface area contributed by atoms with E-state index in [4.69, 9.17) is 0 Å². The summed E-state index contributed by atoms with van der Waals surface area (Å²) in [5.41, 5.74) is 1.43. The summed E-state index contributed by atoms with van der Waals surface area (Å²) in [7, 11) is 0. The molecule has 21 heavy (non-hydrogen) atoms. The average Bonchev–Trinajstić information content (AvgIpc) is 2.82. The van der Waals surface area contributed by atoms with Crippen molar-refractivity contribution in [1.82, 2.24) is 10.2 Å². The summed E-state index contributed by atoms with van der Waals surface area (Å²) in [5.74, 6) is 0. The lowest BCUT2D eigenvalue weighted by Crippen LogP contribution is -2.49. The predicted molar refractivity (Wildman–Crippen MR) is 92.5 cm³/mol. The minimum atomic E-state index is 0.505. The van der Waals surface area contributed by atoms with Gasteiger partial charge < -0.3 is 5.32 Å². The second-order valence-electron chi connectivity index (χ2n) is 6.73. The van der Waals surface area contributed by atoms with Crippen LogP contribution in [0.1, 0.15) is 57.6 Å². The van der Waals surface area contributed by atoms with E-state index in [1.165, 1.54) is 48.7 Å². The summed E-state index contributed by atoms with van der Waals surface area (Å²) in [6.45, 7) is 5.88.